The molecular formula is C41H41NO2. The first kappa shape index (κ1) is 29.4. The number of ether oxygens (including phenoxy) is 1. The number of carbonyl (C=O) groups is 1. The predicted molar refractivity (Wildman–Crippen MR) is 181 cm³/mol. The largest absolute Gasteiger partial charge is 0.489 e. The highest BCUT2D eigenvalue weighted by atomic mass is 16.5. The van der Waals surface area contributed by atoms with Crippen LogP contribution in [-0.4, -0.2) is 5.78 Å². The summed E-state index contributed by atoms with van der Waals surface area (Å²) >= 11 is 0. The van der Waals surface area contributed by atoms with Gasteiger partial charge in [-0.05, 0) is 95.3 Å². The van der Waals surface area contributed by atoms with Gasteiger partial charge in [-0.15, -0.1) is 0 Å². The van der Waals surface area contributed by atoms with E-state index in [-0.39, 0.29) is 11.7 Å². The van der Waals surface area contributed by atoms with Crippen LogP contribution in [0.5, 0.6) is 5.75 Å². The summed E-state index contributed by atoms with van der Waals surface area (Å²) in [5, 5.41) is 0. The summed E-state index contributed by atoms with van der Waals surface area (Å²) in [7, 11) is 0. The summed E-state index contributed by atoms with van der Waals surface area (Å²) in [6.07, 6.45) is 3.00. The fraction of sp³-hybridized carbons (Fsp3) is 0.244. The lowest BCUT2D eigenvalue weighted by Gasteiger charge is -2.29. The number of nitrogens with zero attached hydrogens (tertiary/aromatic N) is 1. The summed E-state index contributed by atoms with van der Waals surface area (Å²) in [5.74, 6) is 1.18. The van der Waals surface area contributed by atoms with E-state index in [0.29, 0.717) is 6.61 Å². The number of rotatable bonds is 11. The molecule has 5 aromatic carbocycles. The number of ketones is 1. The van der Waals surface area contributed by atoms with Crippen molar-refractivity contribution in [1.29, 1.82) is 0 Å². The van der Waals surface area contributed by atoms with Crippen molar-refractivity contribution >= 4 is 11.5 Å². The smallest absolute Gasteiger partial charge is 0.193 e. The van der Waals surface area contributed by atoms with Gasteiger partial charge in [-0.1, -0.05) is 105 Å². The van der Waals surface area contributed by atoms with E-state index < -0.39 is 0 Å². The monoisotopic (exact) mass is 579 g/mol. The number of anilines is 1. The highest BCUT2D eigenvalue weighted by molar-refractivity contribution is 6.11. The van der Waals surface area contributed by atoms with E-state index in [1.807, 2.05) is 30.3 Å². The topological polar surface area (TPSA) is 29.5 Å². The molecule has 0 saturated heterocycles. The van der Waals surface area contributed by atoms with Crippen molar-refractivity contribution in [3.05, 3.63) is 165 Å². The van der Waals surface area contributed by atoms with Crippen molar-refractivity contribution in [2.75, 3.05) is 4.90 Å². The molecule has 0 saturated carbocycles. The van der Waals surface area contributed by atoms with Crippen LogP contribution in [0.3, 0.4) is 0 Å². The molecule has 0 atom stereocenters. The third kappa shape index (κ3) is 6.48. The Morgan fingerprint density at radius 3 is 1.89 bits per heavy atom. The maximum atomic E-state index is 14.3. The normalized spacial score (nSPS) is 12.3. The fourth-order valence-corrected chi connectivity index (χ4v) is 6.49. The summed E-state index contributed by atoms with van der Waals surface area (Å²) in [6.45, 7) is 8.56. The Labute approximate surface area is 262 Å². The van der Waals surface area contributed by atoms with Crippen molar-refractivity contribution in [1.82, 2.24) is 0 Å². The van der Waals surface area contributed by atoms with Crippen LogP contribution in [0.15, 0.2) is 115 Å². The molecule has 0 spiro atoms. The van der Waals surface area contributed by atoms with E-state index in [4.69, 9.17) is 4.74 Å². The molecule has 0 unspecified atom stereocenters. The molecule has 1 aliphatic rings. The first-order valence-corrected chi connectivity index (χ1v) is 15.8. The van der Waals surface area contributed by atoms with Crippen molar-refractivity contribution in [3.8, 4) is 5.75 Å². The summed E-state index contributed by atoms with van der Waals surface area (Å²) in [4.78, 5) is 16.8. The minimum atomic E-state index is 0.112. The standard InChI is InChI=1S/C41H41NO2/c1-29(2)37-25-34(22-23-39(37)44-28-33-18-11-6-12-19-33)41(43)40-30(3)24-38(35-20-13-21-36(35)40)42(26-31-14-7-4-8-15-31)27-32-16-9-5-10-17-32/h4-12,14-19,22-25,29H,13,20-21,26-28H2,1-3H3. The Hall–Kier alpha value is -4.63. The van der Waals surface area contributed by atoms with Gasteiger partial charge in [-0.2, -0.15) is 0 Å². The lowest BCUT2D eigenvalue weighted by Crippen LogP contribution is -2.24. The Morgan fingerprint density at radius 1 is 0.727 bits per heavy atom. The molecule has 0 radical (unpaired) electrons. The van der Waals surface area contributed by atoms with Gasteiger partial charge in [-0.25, -0.2) is 0 Å². The summed E-state index contributed by atoms with van der Waals surface area (Å²) < 4.78 is 6.25. The van der Waals surface area contributed by atoms with Gasteiger partial charge in [0.15, 0.2) is 5.78 Å². The molecular weight excluding hydrogens is 538 g/mol. The van der Waals surface area contributed by atoms with Gasteiger partial charge in [0.1, 0.15) is 12.4 Å². The maximum absolute atomic E-state index is 14.3. The third-order valence-electron chi connectivity index (χ3n) is 8.71. The highest BCUT2D eigenvalue weighted by Gasteiger charge is 2.28. The predicted octanol–water partition coefficient (Wildman–Crippen LogP) is 9.62. The second-order valence-corrected chi connectivity index (χ2v) is 12.2. The second kappa shape index (κ2) is 13.3. The van der Waals surface area contributed by atoms with Crippen LogP contribution in [0.1, 0.15) is 81.1 Å². The Kier molecular flexibility index (Phi) is 8.93. The van der Waals surface area contributed by atoms with E-state index in [0.717, 1.165) is 65.9 Å². The minimum absolute atomic E-state index is 0.112. The molecule has 0 aromatic heterocycles. The molecule has 222 valence electrons. The summed E-state index contributed by atoms with van der Waals surface area (Å²) in [5.41, 5.74) is 11.2. The first-order valence-electron chi connectivity index (χ1n) is 15.8. The maximum Gasteiger partial charge on any atom is 0.193 e. The lowest BCUT2D eigenvalue weighted by molar-refractivity contribution is 0.103. The van der Waals surface area contributed by atoms with E-state index in [9.17, 15) is 4.79 Å². The molecule has 3 nitrogen and oxygen atoms in total. The molecule has 1 aliphatic carbocycles. The van der Waals surface area contributed by atoms with E-state index in [2.05, 4.69) is 111 Å². The Balaban J connectivity index is 1.34. The van der Waals surface area contributed by atoms with Crippen LogP contribution in [0, 0.1) is 6.92 Å². The molecule has 6 rings (SSSR count). The van der Waals surface area contributed by atoms with E-state index in [1.54, 1.807) is 0 Å². The van der Waals surface area contributed by atoms with Crippen LogP contribution in [-0.2, 0) is 32.5 Å². The van der Waals surface area contributed by atoms with Gasteiger partial charge in [0.25, 0.3) is 0 Å². The van der Waals surface area contributed by atoms with Crippen molar-refractivity contribution in [3.63, 3.8) is 0 Å². The molecule has 5 aromatic rings. The number of fused-ring (bicyclic) bond motifs is 1. The van der Waals surface area contributed by atoms with Crippen molar-refractivity contribution < 1.29 is 9.53 Å². The van der Waals surface area contributed by atoms with Crippen LogP contribution >= 0.6 is 0 Å². The molecule has 44 heavy (non-hydrogen) atoms. The molecule has 3 heteroatoms. The Bertz CT molecular complexity index is 1680. The number of hydrogen-bond acceptors (Lipinski definition) is 3. The molecule has 0 bridgehead atoms. The molecule has 0 fully saturated rings. The van der Waals surface area contributed by atoms with Gasteiger partial charge in [-0.3, -0.25) is 4.79 Å². The lowest BCUT2D eigenvalue weighted by atomic mass is 9.89. The minimum Gasteiger partial charge on any atom is -0.489 e. The zero-order valence-corrected chi connectivity index (χ0v) is 26.1. The van der Waals surface area contributed by atoms with Crippen molar-refractivity contribution in [2.24, 2.45) is 0 Å². The van der Waals surface area contributed by atoms with Gasteiger partial charge in [0, 0.05) is 29.9 Å². The van der Waals surface area contributed by atoms with Crippen LogP contribution < -0.4 is 9.64 Å². The third-order valence-corrected chi connectivity index (χ3v) is 8.71. The van der Waals surface area contributed by atoms with Gasteiger partial charge in [0.05, 0.1) is 0 Å². The van der Waals surface area contributed by atoms with Crippen molar-refractivity contribution in [2.45, 2.75) is 65.6 Å². The van der Waals surface area contributed by atoms with Crippen LogP contribution in [0.4, 0.5) is 5.69 Å². The zero-order chi connectivity index (χ0) is 30.5. The highest BCUT2D eigenvalue weighted by Crippen LogP contribution is 2.39. The second-order valence-electron chi connectivity index (χ2n) is 12.2. The fourth-order valence-electron chi connectivity index (χ4n) is 6.49. The first-order chi connectivity index (χ1) is 21.5. The molecule has 0 aliphatic heterocycles. The average molecular weight is 580 g/mol. The molecule has 0 amide bonds. The average Bonchev–Trinajstić information content (AvgIpc) is 3.54. The van der Waals surface area contributed by atoms with Gasteiger partial charge in [0.2, 0.25) is 0 Å². The zero-order valence-electron chi connectivity index (χ0n) is 26.1. The van der Waals surface area contributed by atoms with Crippen LogP contribution in [0.2, 0.25) is 0 Å². The number of aryl methyl sites for hydroxylation is 1. The van der Waals surface area contributed by atoms with Gasteiger partial charge < -0.3 is 9.64 Å². The molecule has 0 heterocycles. The number of benzene rings is 5. The quantitative estimate of drug-likeness (QED) is 0.146. The van der Waals surface area contributed by atoms with E-state index >= 15 is 0 Å². The Morgan fingerprint density at radius 2 is 1.30 bits per heavy atom. The molecule has 0 N–H and O–H groups in total. The van der Waals surface area contributed by atoms with Crippen LogP contribution in [0.25, 0.3) is 0 Å². The summed E-state index contributed by atoms with van der Waals surface area (Å²) in [6, 6.07) is 39.8. The van der Waals surface area contributed by atoms with Gasteiger partial charge >= 0.3 is 0 Å². The van der Waals surface area contributed by atoms with E-state index in [1.165, 1.54) is 27.9 Å². The SMILES string of the molecule is Cc1cc(N(Cc2ccccc2)Cc2ccccc2)c2c(c1C(=O)c1ccc(OCc3ccccc3)c(C(C)C)c1)CCC2. The number of hydrogen-bond donors (Lipinski definition) is 0. The number of carbonyl (C=O) groups excluding carboxylic acids is 1.